The molecule has 1 fully saturated rings. The van der Waals surface area contributed by atoms with E-state index < -0.39 is 0 Å². The summed E-state index contributed by atoms with van der Waals surface area (Å²) in [5, 5.41) is 3.26. The highest BCUT2D eigenvalue weighted by Crippen LogP contribution is 2.22. The molecule has 0 aromatic heterocycles. The monoisotopic (exact) mass is 230 g/mol. The Kier molecular flexibility index (Phi) is 2.95. The van der Waals surface area contributed by atoms with Crippen molar-refractivity contribution in [1.29, 1.82) is 0 Å². The number of hydrogen-bond acceptors (Lipinski definition) is 3. The number of hydrogen-bond donors (Lipinski definition) is 1. The van der Waals surface area contributed by atoms with Gasteiger partial charge in [-0.05, 0) is 24.1 Å². The van der Waals surface area contributed by atoms with Gasteiger partial charge < -0.3 is 5.32 Å². The number of ketones is 1. The lowest BCUT2D eigenvalue weighted by Gasteiger charge is -2.16. The fraction of sp³-hybridized carbons (Fsp3) is 0.500. The molecule has 2 aliphatic rings. The summed E-state index contributed by atoms with van der Waals surface area (Å²) in [6.07, 6.45) is 1.01. The molecule has 1 N–H and O–H groups in total. The summed E-state index contributed by atoms with van der Waals surface area (Å²) in [7, 11) is 0. The van der Waals surface area contributed by atoms with E-state index in [1.165, 1.54) is 11.1 Å². The highest BCUT2D eigenvalue weighted by molar-refractivity contribution is 5.83. The van der Waals surface area contributed by atoms with Gasteiger partial charge in [0.05, 0.1) is 6.54 Å². The van der Waals surface area contributed by atoms with Crippen molar-refractivity contribution in [2.24, 2.45) is 5.92 Å². The van der Waals surface area contributed by atoms with E-state index in [1.807, 2.05) is 0 Å². The van der Waals surface area contributed by atoms with Gasteiger partial charge in [-0.2, -0.15) is 0 Å². The number of Topliss-reactive ketones (excluding diaryl/α,β-unsaturated/α-hetero) is 1. The van der Waals surface area contributed by atoms with Crippen LogP contribution >= 0.6 is 0 Å². The molecule has 1 aromatic rings. The quantitative estimate of drug-likeness (QED) is 0.846. The van der Waals surface area contributed by atoms with Gasteiger partial charge in [0, 0.05) is 25.6 Å². The first-order valence-corrected chi connectivity index (χ1v) is 6.35. The molecule has 1 unspecified atom stereocenters. The largest absolute Gasteiger partial charge is 0.316 e. The van der Waals surface area contributed by atoms with Crippen molar-refractivity contribution in [3.63, 3.8) is 0 Å². The van der Waals surface area contributed by atoms with Crippen LogP contribution in [-0.4, -0.2) is 30.3 Å². The standard InChI is InChI=1S/C14H18N2O/c17-14(11-5-6-15-7-11)10-16-8-12-3-1-2-4-13(12)9-16/h1-4,11,15H,5-10H2. The number of nitrogens with one attached hydrogen (secondary N) is 1. The number of benzene rings is 1. The maximum absolute atomic E-state index is 12.1. The summed E-state index contributed by atoms with van der Waals surface area (Å²) >= 11 is 0. The first kappa shape index (κ1) is 10.9. The van der Waals surface area contributed by atoms with Crippen molar-refractivity contribution in [1.82, 2.24) is 10.2 Å². The summed E-state index contributed by atoms with van der Waals surface area (Å²) < 4.78 is 0. The summed E-state index contributed by atoms with van der Waals surface area (Å²) in [6, 6.07) is 8.48. The summed E-state index contributed by atoms with van der Waals surface area (Å²) in [4.78, 5) is 14.3. The molecule has 0 amide bonds. The molecule has 90 valence electrons. The molecule has 0 spiro atoms. The predicted molar refractivity (Wildman–Crippen MR) is 66.5 cm³/mol. The Labute approximate surface area is 102 Å². The number of rotatable bonds is 3. The van der Waals surface area contributed by atoms with Gasteiger partial charge in [-0.3, -0.25) is 9.69 Å². The fourth-order valence-electron chi connectivity index (χ4n) is 2.79. The van der Waals surface area contributed by atoms with Crippen LogP contribution in [0.2, 0.25) is 0 Å². The molecule has 3 rings (SSSR count). The topological polar surface area (TPSA) is 32.3 Å². The fourth-order valence-corrected chi connectivity index (χ4v) is 2.79. The van der Waals surface area contributed by atoms with Crippen molar-refractivity contribution >= 4 is 5.78 Å². The molecule has 1 atom stereocenters. The van der Waals surface area contributed by atoms with Crippen molar-refractivity contribution in [2.45, 2.75) is 19.5 Å². The molecule has 3 nitrogen and oxygen atoms in total. The van der Waals surface area contributed by atoms with Gasteiger partial charge in [0.1, 0.15) is 0 Å². The lowest BCUT2D eigenvalue weighted by molar-refractivity contribution is -0.123. The van der Waals surface area contributed by atoms with E-state index >= 15 is 0 Å². The minimum atomic E-state index is 0.249. The predicted octanol–water partition coefficient (Wildman–Crippen LogP) is 1.18. The Hall–Kier alpha value is -1.19. The van der Waals surface area contributed by atoms with Gasteiger partial charge in [0.25, 0.3) is 0 Å². The summed E-state index contributed by atoms with van der Waals surface area (Å²) in [5.41, 5.74) is 2.76. The van der Waals surface area contributed by atoms with Gasteiger partial charge in [-0.15, -0.1) is 0 Å². The molecular formula is C14H18N2O. The first-order valence-electron chi connectivity index (χ1n) is 6.35. The Morgan fingerprint density at radius 3 is 2.59 bits per heavy atom. The maximum atomic E-state index is 12.1. The average Bonchev–Trinajstić information content (AvgIpc) is 2.97. The van der Waals surface area contributed by atoms with Crippen LogP contribution in [0.5, 0.6) is 0 Å². The van der Waals surface area contributed by atoms with Gasteiger partial charge in [0.2, 0.25) is 0 Å². The molecular weight excluding hydrogens is 212 g/mol. The number of fused-ring (bicyclic) bond motifs is 1. The third-order valence-corrected chi connectivity index (χ3v) is 3.80. The second-order valence-electron chi connectivity index (χ2n) is 5.07. The average molecular weight is 230 g/mol. The Bertz CT molecular complexity index is 399. The normalized spacial score (nSPS) is 23.9. The van der Waals surface area contributed by atoms with Crippen molar-refractivity contribution in [3.05, 3.63) is 35.4 Å². The summed E-state index contributed by atoms with van der Waals surface area (Å²) in [6.45, 7) is 4.35. The number of carbonyl (C=O) groups is 1. The zero-order chi connectivity index (χ0) is 11.7. The third kappa shape index (κ3) is 2.26. The Morgan fingerprint density at radius 2 is 2.00 bits per heavy atom. The van der Waals surface area contributed by atoms with Gasteiger partial charge in [-0.25, -0.2) is 0 Å². The first-order chi connectivity index (χ1) is 8.33. The molecule has 2 heterocycles. The van der Waals surface area contributed by atoms with E-state index in [-0.39, 0.29) is 5.92 Å². The van der Waals surface area contributed by atoms with Crippen LogP contribution in [0.1, 0.15) is 17.5 Å². The smallest absolute Gasteiger partial charge is 0.151 e. The Balaban J connectivity index is 1.60. The second-order valence-corrected chi connectivity index (χ2v) is 5.07. The van der Waals surface area contributed by atoms with Crippen LogP contribution in [0.15, 0.2) is 24.3 Å². The molecule has 1 aromatic carbocycles. The molecule has 0 aliphatic carbocycles. The van der Waals surface area contributed by atoms with E-state index in [1.54, 1.807) is 0 Å². The van der Waals surface area contributed by atoms with E-state index in [4.69, 9.17) is 0 Å². The molecule has 3 heteroatoms. The molecule has 2 aliphatic heterocycles. The van der Waals surface area contributed by atoms with E-state index in [0.717, 1.165) is 32.6 Å². The molecule has 0 radical (unpaired) electrons. The zero-order valence-electron chi connectivity index (χ0n) is 9.98. The minimum Gasteiger partial charge on any atom is -0.316 e. The van der Waals surface area contributed by atoms with E-state index in [2.05, 4.69) is 34.5 Å². The van der Waals surface area contributed by atoms with Crippen LogP contribution in [0.4, 0.5) is 0 Å². The maximum Gasteiger partial charge on any atom is 0.151 e. The lowest BCUT2D eigenvalue weighted by Crippen LogP contribution is -2.30. The lowest BCUT2D eigenvalue weighted by atomic mass is 10.0. The highest BCUT2D eigenvalue weighted by atomic mass is 16.1. The van der Waals surface area contributed by atoms with Crippen molar-refractivity contribution in [2.75, 3.05) is 19.6 Å². The van der Waals surface area contributed by atoms with Crippen LogP contribution in [-0.2, 0) is 17.9 Å². The molecule has 0 bridgehead atoms. The van der Waals surface area contributed by atoms with E-state index in [0.29, 0.717) is 12.3 Å². The van der Waals surface area contributed by atoms with Crippen LogP contribution in [0.25, 0.3) is 0 Å². The van der Waals surface area contributed by atoms with Crippen molar-refractivity contribution in [3.8, 4) is 0 Å². The molecule has 17 heavy (non-hydrogen) atoms. The molecule has 1 saturated heterocycles. The second kappa shape index (κ2) is 4.59. The third-order valence-electron chi connectivity index (χ3n) is 3.80. The zero-order valence-corrected chi connectivity index (χ0v) is 9.98. The van der Waals surface area contributed by atoms with Gasteiger partial charge >= 0.3 is 0 Å². The van der Waals surface area contributed by atoms with Crippen LogP contribution in [0, 0.1) is 5.92 Å². The highest BCUT2D eigenvalue weighted by Gasteiger charge is 2.26. The van der Waals surface area contributed by atoms with Gasteiger partial charge in [0.15, 0.2) is 5.78 Å². The Morgan fingerprint density at radius 1 is 1.29 bits per heavy atom. The number of nitrogens with zero attached hydrogens (tertiary/aromatic N) is 1. The minimum absolute atomic E-state index is 0.249. The van der Waals surface area contributed by atoms with Crippen LogP contribution in [0.3, 0.4) is 0 Å². The molecule has 0 saturated carbocycles. The van der Waals surface area contributed by atoms with Crippen molar-refractivity contribution < 1.29 is 4.79 Å². The van der Waals surface area contributed by atoms with Crippen LogP contribution < -0.4 is 5.32 Å². The summed E-state index contributed by atoms with van der Waals surface area (Å²) in [5.74, 6) is 0.654. The van der Waals surface area contributed by atoms with Gasteiger partial charge in [-0.1, -0.05) is 24.3 Å². The SMILES string of the molecule is O=C(CN1Cc2ccccc2C1)C1CCNC1. The number of carbonyl (C=O) groups excluding carboxylic acids is 1. The van der Waals surface area contributed by atoms with E-state index in [9.17, 15) is 4.79 Å².